The van der Waals surface area contributed by atoms with Crippen molar-refractivity contribution < 1.29 is 14.3 Å². The van der Waals surface area contributed by atoms with Gasteiger partial charge < -0.3 is 10.1 Å². The third-order valence-electron chi connectivity index (χ3n) is 4.52. The van der Waals surface area contributed by atoms with Crippen molar-refractivity contribution >= 4 is 35.0 Å². The maximum Gasteiger partial charge on any atom is 0.413 e. The van der Waals surface area contributed by atoms with Gasteiger partial charge in [-0.15, -0.1) is 0 Å². The SMILES string of the molecule is COC(=O)N(C)c1ccc(NC(=O)C2(c3cccc(Cl)c3)CC2)cc1. The topological polar surface area (TPSA) is 58.6 Å². The molecule has 1 N–H and O–H groups in total. The maximum absolute atomic E-state index is 12.7. The van der Waals surface area contributed by atoms with Crippen molar-refractivity contribution in [1.82, 2.24) is 0 Å². The molecule has 3 rings (SSSR count). The van der Waals surface area contributed by atoms with Crippen LogP contribution in [0.4, 0.5) is 16.2 Å². The Hall–Kier alpha value is -2.53. The van der Waals surface area contributed by atoms with E-state index in [0.29, 0.717) is 16.4 Å². The van der Waals surface area contributed by atoms with E-state index in [1.165, 1.54) is 12.0 Å². The second kappa shape index (κ2) is 6.76. The molecule has 1 fully saturated rings. The fourth-order valence-electron chi connectivity index (χ4n) is 2.82. The lowest BCUT2D eigenvalue weighted by molar-refractivity contribution is -0.118. The Morgan fingerprint density at radius 2 is 1.84 bits per heavy atom. The number of rotatable bonds is 4. The van der Waals surface area contributed by atoms with Crippen molar-refractivity contribution in [2.24, 2.45) is 0 Å². The zero-order chi connectivity index (χ0) is 18.0. The molecule has 0 bridgehead atoms. The molecule has 6 heteroatoms. The summed E-state index contributed by atoms with van der Waals surface area (Å²) in [6, 6.07) is 14.5. The van der Waals surface area contributed by atoms with E-state index in [0.717, 1.165) is 18.4 Å². The summed E-state index contributed by atoms with van der Waals surface area (Å²) in [5, 5.41) is 3.59. The first-order valence-electron chi connectivity index (χ1n) is 7.95. The van der Waals surface area contributed by atoms with E-state index in [4.69, 9.17) is 11.6 Å². The van der Waals surface area contributed by atoms with Crippen LogP contribution in [0.3, 0.4) is 0 Å². The number of benzene rings is 2. The number of amides is 2. The number of carbonyl (C=O) groups is 2. The van der Waals surface area contributed by atoms with Gasteiger partial charge in [0.15, 0.2) is 0 Å². The molecule has 0 saturated heterocycles. The normalized spacial score (nSPS) is 14.5. The van der Waals surface area contributed by atoms with Crippen LogP contribution in [0.5, 0.6) is 0 Å². The van der Waals surface area contributed by atoms with Crippen LogP contribution in [-0.4, -0.2) is 26.2 Å². The molecule has 2 amide bonds. The molecule has 0 aliphatic heterocycles. The zero-order valence-corrected chi connectivity index (χ0v) is 14.8. The Morgan fingerprint density at radius 1 is 1.16 bits per heavy atom. The fourth-order valence-corrected chi connectivity index (χ4v) is 3.01. The van der Waals surface area contributed by atoms with Crippen LogP contribution in [0.1, 0.15) is 18.4 Å². The monoisotopic (exact) mass is 358 g/mol. The first-order chi connectivity index (χ1) is 12.0. The molecule has 0 aromatic heterocycles. The Labute approximate surface area is 151 Å². The third-order valence-corrected chi connectivity index (χ3v) is 4.76. The second-order valence-electron chi connectivity index (χ2n) is 6.12. The molecule has 0 unspecified atom stereocenters. The summed E-state index contributed by atoms with van der Waals surface area (Å²) in [7, 11) is 2.95. The number of carbonyl (C=O) groups excluding carboxylic acids is 2. The summed E-state index contributed by atoms with van der Waals surface area (Å²) in [6.45, 7) is 0. The van der Waals surface area contributed by atoms with Gasteiger partial charge in [-0.3, -0.25) is 9.69 Å². The molecule has 2 aromatic rings. The molecule has 0 radical (unpaired) electrons. The van der Waals surface area contributed by atoms with Gasteiger partial charge in [-0.2, -0.15) is 0 Å². The predicted octanol–water partition coefficient (Wildman–Crippen LogP) is 4.21. The largest absolute Gasteiger partial charge is 0.452 e. The summed E-state index contributed by atoms with van der Waals surface area (Å²) in [5.41, 5.74) is 1.81. The number of nitrogens with one attached hydrogen (secondary N) is 1. The number of nitrogens with zero attached hydrogens (tertiary/aromatic N) is 1. The number of methoxy groups -OCH3 is 1. The van der Waals surface area contributed by atoms with Gasteiger partial charge in [0.25, 0.3) is 0 Å². The van der Waals surface area contributed by atoms with Crippen molar-refractivity contribution in [1.29, 1.82) is 0 Å². The van der Waals surface area contributed by atoms with Gasteiger partial charge in [0.2, 0.25) is 5.91 Å². The summed E-state index contributed by atoms with van der Waals surface area (Å²) in [5.74, 6) is -0.0381. The molecule has 0 atom stereocenters. The summed E-state index contributed by atoms with van der Waals surface area (Å²) in [4.78, 5) is 25.7. The first kappa shape index (κ1) is 17.3. The molecule has 2 aromatic carbocycles. The molecule has 1 saturated carbocycles. The average Bonchev–Trinajstić information content (AvgIpc) is 3.43. The zero-order valence-electron chi connectivity index (χ0n) is 14.1. The van der Waals surface area contributed by atoms with E-state index in [-0.39, 0.29) is 5.91 Å². The molecule has 1 aliphatic carbocycles. The van der Waals surface area contributed by atoms with Crippen molar-refractivity contribution in [2.45, 2.75) is 18.3 Å². The molecule has 5 nitrogen and oxygen atoms in total. The van der Waals surface area contributed by atoms with E-state index in [1.54, 1.807) is 37.4 Å². The third kappa shape index (κ3) is 3.46. The van der Waals surface area contributed by atoms with Gasteiger partial charge in [-0.25, -0.2) is 4.79 Å². The van der Waals surface area contributed by atoms with Gasteiger partial charge >= 0.3 is 6.09 Å². The standard InChI is InChI=1S/C19H19ClN2O3/c1-22(18(24)25-2)16-8-6-15(7-9-16)21-17(23)19(10-11-19)13-4-3-5-14(20)12-13/h3-9,12H,10-11H2,1-2H3,(H,21,23). The molecule has 0 spiro atoms. The van der Waals surface area contributed by atoms with Gasteiger partial charge in [0.05, 0.1) is 12.5 Å². The van der Waals surface area contributed by atoms with Gasteiger partial charge in [0, 0.05) is 23.4 Å². The van der Waals surface area contributed by atoms with E-state index in [1.807, 2.05) is 18.2 Å². The first-order valence-corrected chi connectivity index (χ1v) is 8.33. The second-order valence-corrected chi connectivity index (χ2v) is 6.56. The summed E-state index contributed by atoms with van der Waals surface area (Å²) in [6.07, 6.45) is 1.17. The van der Waals surface area contributed by atoms with Crippen molar-refractivity contribution in [3.63, 3.8) is 0 Å². The van der Waals surface area contributed by atoms with Crippen LogP contribution in [-0.2, 0) is 14.9 Å². The van der Waals surface area contributed by atoms with Gasteiger partial charge in [0.1, 0.15) is 0 Å². The summed E-state index contributed by atoms with van der Waals surface area (Å²) >= 11 is 6.05. The smallest absolute Gasteiger partial charge is 0.413 e. The molecule has 0 heterocycles. The van der Waals surface area contributed by atoms with Gasteiger partial charge in [-0.1, -0.05) is 23.7 Å². The number of hydrogen-bond acceptors (Lipinski definition) is 3. The van der Waals surface area contributed by atoms with Crippen LogP contribution >= 0.6 is 11.6 Å². The van der Waals surface area contributed by atoms with Crippen LogP contribution in [0.2, 0.25) is 5.02 Å². The lowest BCUT2D eigenvalue weighted by Crippen LogP contribution is -2.28. The molecule has 25 heavy (non-hydrogen) atoms. The maximum atomic E-state index is 12.7. The van der Waals surface area contributed by atoms with Crippen LogP contribution in [0, 0.1) is 0 Å². The lowest BCUT2D eigenvalue weighted by atomic mass is 9.95. The Bertz CT molecular complexity index is 801. The Balaban J connectivity index is 1.72. The number of anilines is 2. The van der Waals surface area contributed by atoms with Crippen LogP contribution in [0.25, 0.3) is 0 Å². The Morgan fingerprint density at radius 3 is 2.40 bits per heavy atom. The molecular weight excluding hydrogens is 340 g/mol. The number of ether oxygens (including phenoxy) is 1. The van der Waals surface area contributed by atoms with Gasteiger partial charge in [-0.05, 0) is 54.8 Å². The van der Waals surface area contributed by atoms with E-state index < -0.39 is 11.5 Å². The molecule has 130 valence electrons. The highest BCUT2D eigenvalue weighted by Gasteiger charge is 2.51. The fraction of sp³-hybridized carbons (Fsp3) is 0.263. The van der Waals surface area contributed by atoms with Crippen molar-refractivity contribution in [3.8, 4) is 0 Å². The average molecular weight is 359 g/mol. The van der Waals surface area contributed by atoms with Crippen molar-refractivity contribution in [2.75, 3.05) is 24.4 Å². The minimum absolute atomic E-state index is 0.0381. The summed E-state index contributed by atoms with van der Waals surface area (Å²) < 4.78 is 4.68. The molecular formula is C19H19ClN2O3. The quantitative estimate of drug-likeness (QED) is 0.890. The minimum Gasteiger partial charge on any atom is -0.452 e. The minimum atomic E-state index is -0.494. The predicted molar refractivity (Wildman–Crippen MR) is 98.2 cm³/mol. The van der Waals surface area contributed by atoms with E-state index in [9.17, 15) is 9.59 Å². The lowest BCUT2D eigenvalue weighted by Gasteiger charge is -2.18. The highest BCUT2D eigenvalue weighted by atomic mass is 35.5. The van der Waals surface area contributed by atoms with E-state index >= 15 is 0 Å². The van der Waals surface area contributed by atoms with Crippen molar-refractivity contribution in [3.05, 3.63) is 59.1 Å². The van der Waals surface area contributed by atoms with Crippen LogP contribution in [0.15, 0.2) is 48.5 Å². The highest BCUT2D eigenvalue weighted by Crippen LogP contribution is 2.49. The number of hydrogen-bond donors (Lipinski definition) is 1. The molecule has 1 aliphatic rings. The van der Waals surface area contributed by atoms with Crippen LogP contribution < -0.4 is 10.2 Å². The number of halogens is 1. The Kier molecular flexibility index (Phi) is 4.68. The highest BCUT2D eigenvalue weighted by molar-refractivity contribution is 6.30. The van der Waals surface area contributed by atoms with E-state index in [2.05, 4.69) is 10.1 Å².